The van der Waals surface area contributed by atoms with Gasteiger partial charge in [-0.1, -0.05) is 18.9 Å². The van der Waals surface area contributed by atoms with Gasteiger partial charge in [0.1, 0.15) is 11.6 Å². The zero-order valence-electron chi connectivity index (χ0n) is 21.3. The number of pyridine rings is 1. The summed E-state index contributed by atoms with van der Waals surface area (Å²) in [5.41, 5.74) is 2.12. The Bertz CT molecular complexity index is 832. The average molecular weight is 487 g/mol. The summed E-state index contributed by atoms with van der Waals surface area (Å²) in [6.45, 7) is 6.05. The van der Waals surface area contributed by atoms with E-state index in [1.54, 1.807) is 19.2 Å². The lowest BCUT2D eigenvalue weighted by Gasteiger charge is -2.29. The molecule has 1 saturated heterocycles. The van der Waals surface area contributed by atoms with Gasteiger partial charge in [0.05, 0.1) is 13.2 Å². The Kier molecular flexibility index (Phi) is 12.7. The molecule has 1 aliphatic heterocycles. The van der Waals surface area contributed by atoms with Gasteiger partial charge in [-0.3, -0.25) is 0 Å². The van der Waals surface area contributed by atoms with Crippen LogP contribution in [0.5, 0.6) is 0 Å². The van der Waals surface area contributed by atoms with Gasteiger partial charge in [0.15, 0.2) is 0 Å². The summed E-state index contributed by atoms with van der Waals surface area (Å²) < 4.78 is 24.1. The maximum atomic E-state index is 13.3. The second-order valence-electron chi connectivity index (χ2n) is 9.37. The molecule has 1 fully saturated rings. The van der Waals surface area contributed by atoms with Gasteiger partial charge in [0, 0.05) is 63.5 Å². The van der Waals surface area contributed by atoms with Gasteiger partial charge in [0.25, 0.3) is 0 Å². The second-order valence-corrected chi connectivity index (χ2v) is 9.37. The summed E-state index contributed by atoms with van der Waals surface area (Å²) in [7, 11) is 1.70. The Labute approximate surface area is 210 Å². The number of anilines is 3. The fourth-order valence-corrected chi connectivity index (χ4v) is 4.52. The lowest BCUT2D eigenvalue weighted by atomic mass is 9.98. The van der Waals surface area contributed by atoms with Crippen LogP contribution in [0.1, 0.15) is 51.4 Å². The predicted molar refractivity (Wildman–Crippen MR) is 143 cm³/mol. The Morgan fingerprint density at radius 1 is 0.971 bits per heavy atom. The third kappa shape index (κ3) is 10.8. The number of aromatic nitrogens is 1. The molecular formula is C28H43FN4O2. The van der Waals surface area contributed by atoms with Gasteiger partial charge in [-0.2, -0.15) is 0 Å². The smallest absolute Gasteiger partial charge is 0.127 e. The van der Waals surface area contributed by atoms with Crippen LogP contribution in [0.4, 0.5) is 21.6 Å². The molecule has 2 aromatic rings. The summed E-state index contributed by atoms with van der Waals surface area (Å²) in [5.74, 6) is 1.28. The highest BCUT2D eigenvalue weighted by atomic mass is 19.1. The molecule has 1 atom stereocenters. The Hall–Kier alpha value is -2.38. The first-order chi connectivity index (χ1) is 17.2. The number of benzene rings is 1. The van der Waals surface area contributed by atoms with Gasteiger partial charge < -0.3 is 25.0 Å². The van der Waals surface area contributed by atoms with Crippen LogP contribution in [-0.2, 0) is 9.47 Å². The van der Waals surface area contributed by atoms with E-state index in [0.717, 1.165) is 76.4 Å². The van der Waals surface area contributed by atoms with E-state index >= 15 is 0 Å². The van der Waals surface area contributed by atoms with Crippen molar-refractivity contribution in [3.05, 3.63) is 48.4 Å². The van der Waals surface area contributed by atoms with Gasteiger partial charge in [-0.15, -0.1) is 0 Å². The molecule has 1 aromatic carbocycles. The van der Waals surface area contributed by atoms with Gasteiger partial charge in [-0.05, 0) is 68.7 Å². The molecule has 0 bridgehead atoms. The molecule has 0 aliphatic carbocycles. The minimum Gasteiger partial charge on any atom is -0.385 e. The van der Waals surface area contributed by atoms with E-state index in [0.29, 0.717) is 19.1 Å². The minimum atomic E-state index is -0.200. The summed E-state index contributed by atoms with van der Waals surface area (Å²) in [5, 5.41) is 6.90. The van der Waals surface area contributed by atoms with Gasteiger partial charge >= 0.3 is 0 Å². The molecule has 0 spiro atoms. The third-order valence-electron chi connectivity index (χ3n) is 6.58. The number of methoxy groups -OCH3 is 1. The number of halogens is 1. The molecule has 2 N–H and O–H groups in total. The van der Waals surface area contributed by atoms with Crippen molar-refractivity contribution in [3.8, 4) is 0 Å². The van der Waals surface area contributed by atoms with Crippen molar-refractivity contribution in [3.63, 3.8) is 0 Å². The molecule has 6 nitrogen and oxygen atoms in total. The SMILES string of the molecule is COCCOCC[C@@H](CCCCCNc1cccc(F)c1)CNc1cc(N2CCCCC2)ccn1. The highest BCUT2D eigenvalue weighted by molar-refractivity contribution is 5.54. The largest absolute Gasteiger partial charge is 0.385 e. The fraction of sp³-hybridized carbons (Fsp3) is 0.607. The monoisotopic (exact) mass is 486 g/mol. The number of ether oxygens (including phenoxy) is 2. The van der Waals surface area contributed by atoms with Gasteiger partial charge in [-0.25, -0.2) is 9.37 Å². The number of rotatable bonds is 17. The summed E-state index contributed by atoms with van der Waals surface area (Å²) in [6, 6.07) is 11.0. The highest BCUT2D eigenvalue weighted by Gasteiger charge is 2.13. The molecule has 194 valence electrons. The van der Waals surface area contributed by atoms with Crippen LogP contribution in [0.2, 0.25) is 0 Å². The lowest BCUT2D eigenvalue weighted by molar-refractivity contribution is 0.0637. The summed E-state index contributed by atoms with van der Waals surface area (Å²) in [4.78, 5) is 7.03. The van der Waals surface area contributed by atoms with E-state index in [4.69, 9.17) is 9.47 Å². The number of unbranched alkanes of at least 4 members (excludes halogenated alkanes) is 2. The van der Waals surface area contributed by atoms with E-state index < -0.39 is 0 Å². The van der Waals surface area contributed by atoms with Crippen molar-refractivity contribution in [1.82, 2.24) is 4.98 Å². The Balaban J connectivity index is 1.40. The first kappa shape index (κ1) is 27.2. The topological polar surface area (TPSA) is 58.7 Å². The molecule has 1 aromatic heterocycles. The van der Waals surface area contributed by atoms with E-state index in [-0.39, 0.29) is 5.82 Å². The van der Waals surface area contributed by atoms with Crippen molar-refractivity contribution >= 4 is 17.2 Å². The lowest BCUT2D eigenvalue weighted by Crippen LogP contribution is -2.29. The molecule has 2 heterocycles. The molecule has 0 saturated carbocycles. The number of piperidine rings is 1. The summed E-state index contributed by atoms with van der Waals surface area (Å²) >= 11 is 0. The first-order valence-corrected chi connectivity index (χ1v) is 13.3. The van der Waals surface area contributed by atoms with E-state index in [1.807, 2.05) is 12.3 Å². The number of hydrogen-bond donors (Lipinski definition) is 2. The second kappa shape index (κ2) is 16.3. The van der Waals surface area contributed by atoms with Crippen LogP contribution < -0.4 is 15.5 Å². The Morgan fingerprint density at radius 2 is 1.86 bits per heavy atom. The number of nitrogens with one attached hydrogen (secondary N) is 2. The van der Waals surface area contributed by atoms with Crippen molar-refractivity contribution in [2.24, 2.45) is 5.92 Å². The molecular weight excluding hydrogens is 443 g/mol. The predicted octanol–water partition coefficient (Wildman–Crippen LogP) is 5.96. The zero-order chi connectivity index (χ0) is 24.6. The maximum Gasteiger partial charge on any atom is 0.127 e. The molecule has 0 unspecified atom stereocenters. The first-order valence-electron chi connectivity index (χ1n) is 13.3. The van der Waals surface area contributed by atoms with Crippen LogP contribution in [0.25, 0.3) is 0 Å². The number of nitrogens with zero attached hydrogens (tertiary/aromatic N) is 2. The van der Waals surface area contributed by atoms with Crippen LogP contribution in [0.3, 0.4) is 0 Å². The van der Waals surface area contributed by atoms with Crippen LogP contribution in [0.15, 0.2) is 42.6 Å². The van der Waals surface area contributed by atoms with Gasteiger partial charge in [0.2, 0.25) is 0 Å². The molecule has 0 amide bonds. The van der Waals surface area contributed by atoms with E-state index in [2.05, 4.69) is 32.7 Å². The molecule has 0 radical (unpaired) electrons. The standard InChI is InChI=1S/C28H43FN4O2/c1-34-19-20-35-18-13-24(9-4-2-5-14-30-26-11-8-10-25(29)21-26)23-32-28-22-27(12-15-31-28)33-16-6-3-7-17-33/h8,10-12,15,21-22,24,30H,2-7,9,13-14,16-20,23H2,1H3,(H,31,32)/t24-/m1/s1. The Morgan fingerprint density at radius 3 is 2.69 bits per heavy atom. The van der Waals surface area contributed by atoms with E-state index in [9.17, 15) is 4.39 Å². The number of hydrogen-bond acceptors (Lipinski definition) is 6. The van der Waals surface area contributed by atoms with E-state index in [1.165, 1.54) is 31.0 Å². The third-order valence-corrected chi connectivity index (χ3v) is 6.58. The normalized spacial score (nSPS) is 14.6. The van der Waals surface area contributed by atoms with Crippen LogP contribution >= 0.6 is 0 Å². The van der Waals surface area contributed by atoms with Crippen molar-refractivity contribution in [1.29, 1.82) is 0 Å². The quantitative estimate of drug-likeness (QED) is 0.269. The van der Waals surface area contributed by atoms with Crippen LogP contribution in [0, 0.1) is 11.7 Å². The minimum absolute atomic E-state index is 0.200. The molecule has 3 rings (SSSR count). The zero-order valence-corrected chi connectivity index (χ0v) is 21.3. The molecule has 35 heavy (non-hydrogen) atoms. The highest BCUT2D eigenvalue weighted by Crippen LogP contribution is 2.22. The van der Waals surface area contributed by atoms with Crippen molar-refractivity contribution in [2.75, 3.05) is 68.6 Å². The molecule has 7 heteroatoms. The summed E-state index contributed by atoms with van der Waals surface area (Å²) in [6.07, 6.45) is 11.3. The fourth-order valence-electron chi connectivity index (χ4n) is 4.52. The maximum absolute atomic E-state index is 13.3. The van der Waals surface area contributed by atoms with Crippen molar-refractivity contribution in [2.45, 2.75) is 51.4 Å². The molecule has 1 aliphatic rings. The average Bonchev–Trinajstić information content (AvgIpc) is 2.89. The van der Waals surface area contributed by atoms with Crippen molar-refractivity contribution < 1.29 is 13.9 Å². The van der Waals surface area contributed by atoms with Crippen LogP contribution in [-0.4, -0.2) is 58.1 Å².